The Balaban J connectivity index is 2.25. The number of morpholine rings is 1. The van der Waals surface area contributed by atoms with Gasteiger partial charge in [-0.05, 0) is 14.0 Å². The van der Waals surface area contributed by atoms with Gasteiger partial charge in [-0.15, -0.1) is 0 Å². The number of aryl methyl sites for hydroxylation is 2. The smallest absolute Gasteiger partial charge is 0.131 e. The number of aliphatic hydroxyl groups excluding tert-OH is 1. The van der Waals surface area contributed by atoms with Crippen LogP contribution in [-0.4, -0.2) is 54.3 Å². The van der Waals surface area contributed by atoms with Gasteiger partial charge in [0.05, 0.1) is 25.0 Å². The number of aromatic nitrogens is 2. The predicted molar refractivity (Wildman–Crippen MR) is 69.7 cm³/mol. The maximum Gasteiger partial charge on any atom is 0.131 e. The molecule has 0 aliphatic carbocycles. The van der Waals surface area contributed by atoms with Crippen LogP contribution in [0.1, 0.15) is 11.3 Å². The van der Waals surface area contributed by atoms with E-state index >= 15 is 0 Å². The first-order valence-electron chi connectivity index (χ1n) is 6.31. The van der Waals surface area contributed by atoms with E-state index in [1.165, 1.54) is 5.56 Å². The van der Waals surface area contributed by atoms with E-state index < -0.39 is 0 Å². The summed E-state index contributed by atoms with van der Waals surface area (Å²) in [4.78, 5) is 2.25. The molecule has 0 amide bonds. The van der Waals surface area contributed by atoms with Gasteiger partial charge in [-0.25, -0.2) is 0 Å². The Hall–Kier alpha value is -1.11. The summed E-state index contributed by atoms with van der Waals surface area (Å²) in [5, 5.41) is 16.9. The molecule has 0 bridgehead atoms. The Morgan fingerprint density at radius 3 is 3.00 bits per heavy atom. The highest BCUT2D eigenvalue weighted by Gasteiger charge is 2.25. The Labute approximate surface area is 108 Å². The van der Waals surface area contributed by atoms with Gasteiger partial charge in [-0.3, -0.25) is 4.68 Å². The predicted octanol–water partition coefficient (Wildman–Crippen LogP) is -0.355. The highest BCUT2D eigenvalue weighted by molar-refractivity contribution is 5.50. The second-order valence-corrected chi connectivity index (χ2v) is 4.66. The van der Waals surface area contributed by atoms with E-state index in [1.807, 2.05) is 25.7 Å². The average molecular weight is 254 g/mol. The third-order valence-corrected chi connectivity index (χ3v) is 3.31. The van der Waals surface area contributed by atoms with Gasteiger partial charge < -0.3 is 20.1 Å². The number of ether oxygens (including phenoxy) is 1. The van der Waals surface area contributed by atoms with Crippen LogP contribution in [0.5, 0.6) is 0 Å². The van der Waals surface area contributed by atoms with Crippen LogP contribution in [0, 0.1) is 6.92 Å². The molecule has 1 aliphatic rings. The van der Waals surface area contributed by atoms with Gasteiger partial charge in [0.25, 0.3) is 0 Å². The second kappa shape index (κ2) is 5.69. The lowest BCUT2D eigenvalue weighted by molar-refractivity contribution is 0.00314. The Morgan fingerprint density at radius 2 is 2.33 bits per heavy atom. The fraction of sp³-hybridized carbons (Fsp3) is 0.750. The first-order valence-corrected chi connectivity index (χ1v) is 6.31. The van der Waals surface area contributed by atoms with E-state index in [0.717, 1.165) is 24.6 Å². The first-order chi connectivity index (χ1) is 8.67. The lowest BCUT2D eigenvalue weighted by Gasteiger charge is -2.34. The molecule has 1 saturated heterocycles. The van der Waals surface area contributed by atoms with Crippen LogP contribution in [0.4, 0.5) is 5.82 Å². The van der Waals surface area contributed by atoms with Crippen molar-refractivity contribution in [2.75, 3.05) is 38.3 Å². The van der Waals surface area contributed by atoms with E-state index in [2.05, 4.69) is 15.3 Å². The van der Waals surface area contributed by atoms with Crippen molar-refractivity contribution in [3.63, 3.8) is 0 Å². The molecular weight excluding hydrogens is 232 g/mol. The molecule has 18 heavy (non-hydrogen) atoms. The zero-order valence-corrected chi connectivity index (χ0v) is 11.3. The maximum absolute atomic E-state index is 9.22. The van der Waals surface area contributed by atoms with E-state index in [-0.39, 0.29) is 12.7 Å². The summed E-state index contributed by atoms with van der Waals surface area (Å²) in [7, 11) is 3.90. The minimum atomic E-state index is -0.101. The quantitative estimate of drug-likeness (QED) is 0.769. The molecule has 2 rings (SSSR count). The molecule has 1 atom stereocenters. The molecule has 6 nitrogen and oxygen atoms in total. The average Bonchev–Trinajstić information content (AvgIpc) is 2.65. The van der Waals surface area contributed by atoms with E-state index in [1.54, 1.807) is 0 Å². The molecule has 1 unspecified atom stereocenters. The van der Waals surface area contributed by atoms with Gasteiger partial charge in [0.2, 0.25) is 0 Å². The van der Waals surface area contributed by atoms with Gasteiger partial charge in [0.1, 0.15) is 5.82 Å². The van der Waals surface area contributed by atoms with E-state index in [4.69, 9.17) is 4.74 Å². The molecule has 1 aromatic rings. The number of rotatable bonds is 4. The van der Waals surface area contributed by atoms with E-state index in [9.17, 15) is 5.11 Å². The fourth-order valence-corrected chi connectivity index (χ4v) is 2.49. The lowest BCUT2D eigenvalue weighted by Crippen LogP contribution is -2.45. The molecule has 0 aromatic carbocycles. The van der Waals surface area contributed by atoms with Crippen molar-refractivity contribution in [2.45, 2.75) is 19.6 Å². The van der Waals surface area contributed by atoms with Crippen LogP contribution < -0.4 is 10.2 Å². The van der Waals surface area contributed by atoms with Crippen molar-refractivity contribution in [1.29, 1.82) is 0 Å². The largest absolute Gasteiger partial charge is 0.394 e. The zero-order valence-electron chi connectivity index (χ0n) is 11.3. The van der Waals surface area contributed by atoms with E-state index in [0.29, 0.717) is 13.2 Å². The molecule has 0 saturated carbocycles. The van der Waals surface area contributed by atoms with Crippen LogP contribution in [0.3, 0.4) is 0 Å². The number of aliphatic hydroxyl groups is 1. The normalized spacial score (nSPS) is 20.4. The standard InChI is InChI=1S/C12H22N4O2/c1-9-11(6-13-2)12(15(3)14-9)16-4-5-18-10(7-16)8-17/h10,13,17H,4-8H2,1-3H3. The Bertz CT molecular complexity index is 405. The molecule has 1 fully saturated rings. The SMILES string of the molecule is CNCc1c(C)nn(C)c1N1CCOC(CO)C1. The Morgan fingerprint density at radius 1 is 1.56 bits per heavy atom. The fourth-order valence-electron chi connectivity index (χ4n) is 2.49. The monoisotopic (exact) mass is 254 g/mol. The minimum absolute atomic E-state index is 0.0642. The number of hydrogen-bond acceptors (Lipinski definition) is 5. The molecule has 6 heteroatoms. The molecule has 2 N–H and O–H groups in total. The number of anilines is 1. The van der Waals surface area contributed by atoms with Gasteiger partial charge in [0, 0.05) is 32.2 Å². The van der Waals surface area contributed by atoms with Crippen LogP contribution in [-0.2, 0) is 18.3 Å². The second-order valence-electron chi connectivity index (χ2n) is 4.66. The molecule has 0 spiro atoms. The summed E-state index contributed by atoms with van der Waals surface area (Å²) in [6.45, 7) is 5.10. The maximum atomic E-state index is 9.22. The molecule has 102 valence electrons. The van der Waals surface area contributed by atoms with Gasteiger partial charge in [-0.1, -0.05) is 0 Å². The lowest BCUT2D eigenvalue weighted by atomic mass is 10.2. The summed E-state index contributed by atoms with van der Waals surface area (Å²) in [6, 6.07) is 0. The third-order valence-electron chi connectivity index (χ3n) is 3.31. The van der Waals surface area contributed by atoms with Crippen molar-refractivity contribution in [3.8, 4) is 0 Å². The van der Waals surface area contributed by atoms with Crippen molar-refractivity contribution in [1.82, 2.24) is 15.1 Å². The molecule has 2 heterocycles. The highest BCUT2D eigenvalue weighted by atomic mass is 16.5. The third kappa shape index (κ3) is 2.50. The molecule has 1 aliphatic heterocycles. The number of nitrogens with one attached hydrogen (secondary N) is 1. The summed E-state index contributed by atoms with van der Waals surface area (Å²) in [5.74, 6) is 1.13. The van der Waals surface area contributed by atoms with Gasteiger partial charge in [-0.2, -0.15) is 5.10 Å². The van der Waals surface area contributed by atoms with Crippen LogP contribution in [0.25, 0.3) is 0 Å². The van der Waals surface area contributed by atoms with Crippen molar-refractivity contribution < 1.29 is 9.84 Å². The summed E-state index contributed by atoms with van der Waals surface area (Å²) >= 11 is 0. The van der Waals surface area contributed by atoms with Crippen LogP contribution >= 0.6 is 0 Å². The highest BCUT2D eigenvalue weighted by Crippen LogP contribution is 2.24. The topological polar surface area (TPSA) is 62.6 Å². The summed E-state index contributed by atoms with van der Waals surface area (Å²) < 4.78 is 7.41. The van der Waals surface area contributed by atoms with Crippen LogP contribution in [0.15, 0.2) is 0 Å². The van der Waals surface area contributed by atoms with Crippen molar-refractivity contribution in [3.05, 3.63) is 11.3 Å². The Kier molecular flexibility index (Phi) is 4.21. The zero-order chi connectivity index (χ0) is 13.1. The summed E-state index contributed by atoms with van der Waals surface area (Å²) in [6.07, 6.45) is -0.101. The molecule has 1 aromatic heterocycles. The van der Waals surface area contributed by atoms with Crippen molar-refractivity contribution >= 4 is 5.82 Å². The van der Waals surface area contributed by atoms with Gasteiger partial charge >= 0.3 is 0 Å². The molecule has 0 radical (unpaired) electrons. The first kappa shape index (κ1) is 13.3. The minimum Gasteiger partial charge on any atom is -0.394 e. The molecular formula is C12H22N4O2. The van der Waals surface area contributed by atoms with Crippen molar-refractivity contribution in [2.24, 2.45) is 7.05 Å². The number of nitrogens with zero attached hydrogens (tertiary/aromatic N) is 3. The summed E-state index contributed by atoms with van der Waals surface area (Å²) in [5.41, 5.74) is 2.27. The van der Waals surface area contributed by atoms with Crippen LogP contribution in [0.2, 0.25) is 0 Å². The van der Waals surface area contributed by atoms with Gasteiger partial charge in [0.15, 0.2) is 0 Å². The number of hydrogen-bond donors (Lipinski definition) is 2.